The zero-order chi connectivity index (χ0) is 12.1. The lowest BCUT2D eigenvalue weighted by atomic mass is 9.93. The number of hydrogen-bond acceptors (Lipinski definition) is 3. The van der Waals surface area contributed by atoms with Crippen molar-refractivity contribution in [3.63, 3.8) is 0 Å². The van der Waals surface area contributed by atoms with Gasteiger partial charge in [-0.2, -0.15) is 0 Å². The van der Waals surface area contributed by atoms with Gasteiger partial charge in [-0.3, -0.25) is 4.99 Å². The third-order valence-electron chi connectivity index (χ3n) is 3.70. The molecule has 0 N–H and O–H groups in total. The van der Waals surface area contributed by atoms with Gasteiger partial charge in [-0.1, -0.05) is 25.7 Å². The van der Waals surface area contributed by atoms with Crippen molar-refractivity contribution in [1.82, 2.24) is 0 Å². The molecule has 0 spiro atoms. The summed E-state index contributed by atoms with van der Waals surface area (Å²) in [5, 5.41) is 0. The van der Waals surface area contributed by atoms with Gasteiger partial charge in [0.25, 0.3) is 0 Å². The number of aliphatic imine (C=N–C) groups is 2. The number of rotatable bonds is 2. The fraction of sp³-hybridized carbons (Fsp3) is 0.714. The lowest BCUT2D eigenvalue weighted by Crippen LogP contribution is -2.18. The van der Waals surface area contributed by atoms with Gasteiger partial charge in [0.15, 0.2) is 0 Å². The Morgan fingerprint density at radius 1 is 1.18 bits per heavy atom. The molecule has 1 aliphatic carbocycles. The molecule has 1 aliphatic heterocycles. The van der Waals surface area contributed by atoms with Crippen LogP contribution < -0.4 is 0 Å². The lowest BCUT2D eigenvalue weighted by Gasteiger charge is -2.18. The highest BCUT2D eigenvalue weighted by Crippen LogP contribution is 2.39. The van der Waals surface area contributed by atoms with Gasteiger partial charge in [-0.15, -0.1) is 0 Å². The molecule has 3 nitrogen and oxygen atoms in total. The number of nitrogens with zero attached hydrogens (tertiary/aromatic N) is 2. The van der Waals surface area contributed by atoms with Crippen molar-refractivity contribution in [3.05, 3.63) is 11.6 Å². The molecular formula is C14H22N2O. The summed E-state index contributed by atoms with van der Waals surface area (Å²) in [5.74, 6) is 1.13. The standard InChI is InChI=1S/C14H22N2O/c1-3-16-14-13(15-2)11-9-7-5-4-6-8-10-12(11)17-14/h3,11-12H,2,4-10H2,1H3/b16-3-. The smallest absolute Gasteiger partial charge is 0.235 e. The minimum atomic E-state index is 0.285. The van der Waals surface area contributed by atoms with Gasteiger partial charge in [0.2, 0.25) is 5.88 Å². The third kappa shape index (κ3) is 2.76. The van der Waals surface area contributed by atoms with Crippen molar-refractivity contribution in [1.29, 1.82) is 0 Å². The highest BCUT2D eigenvalue weighted by molar-refractivity contribution is 5.55. The molecule has 2 unspecified atom stereocenters. The topological polar surface area (TPSA) is 34.0 Å². The minimum absolute atomic E-state index is 0.285. The van der Waals surface area contributed by atoms with Gasteiger partial charge < -0.3 is 4.74 Å². The molecule has 0 amide bonds. The van der Waals surface area contributed by atoms with E-state index in [1.807, 2.05) is 6.92 Å². The summed E-state index contributed by atoms with van der Waals surface area (Å²) in [7, 11) is 0. The highest BCUT2D eigenvalue weighted by Gasteiger charge is 2.36. The molecule has 1 fully saturated rings. The van der Waals surface area contributed by atoms with Crippen LogP contribution in [0, 0.1) is 5.92 Å². The zero-order valence-corrected chi connectivity index (χ0v) is 10.7. The first kappa shape index (κ1) is 12.3. The molecule has 0 aromatic heterocycles. The summed E-state index contributed by atoms with van der Waals surface area (Å²) in [4.78, 5) is 8.45. The number of hydrogen-bond donors (Lipinski definition) is 0. The van der Waals surface area contributed by atoms with Crippen molar-refractivity contribution in [3.8, 4) is 0 Å². The van der Waals surface area contributed by atoms with Gasteiger partial charge in [-0.05, 0) is 32.9 Å². The van der Waals surface area contributed by atoms with Gasteiger partial charge in [0.05, 0.1) is 0 Å². The molecule has 94 valence electrons. The van der Waals surface area contributed by atoms with Crippen LogP contribution in [0.15, 0.2) is 21.6 Å². The lowest BCUT2D eigenvalue weighted by molar-refractivity contribution is 0.0985. The molecule has 2 aliphatic rings. The SMILES string of the molecule is C=NC1=C(/N=C\C)OC2CCCCCCCC12. The van der Waals surface area contributed by atoms with E-state index in [9.17, 15) is 0 Å². The monoisotopic (exact) mass is 234 g/mol. The van der Waals surface area contributed by atoms with Gasteiger partial charge in [0, 0.05) is 12.1 Å². The van der Waals surface area contributed by atoms with Gasteiger partial charge >= 0.3 is 0 Å². The normalized spacial score (nSPS) is 30.4. The molecule has 17 heavy (non-hydrogen) atoms. The Morgan fingerprint density at radius 3 is 2.59 bits per heavy atom. The molecule has 2 rings (SSSR count). The largest absolute Gasteiger partial charge is 0.472 e. The van der Waals surface area contributed by atoms with E-state index in [1.54, 1.807) is 6.21 Å². The first-order chi connectivity index (χ1) is 8.36. The zero-order valence-electron chi connectivity index (χ0n) is 10.7. The van der Waals surface area contributed by atoms with Crippen molar-refractivity contribution in [2.45, 2.75) is 58.0 Å². The summed E-state index contributed by atoms with van der Waals surface area (Å²) >= 11 is 0. The second-order valence-electron chi connectivity index (χ2n) is 4.84. The molecule has 0 aromatic carbocycles. The van der Waals surface area contributed by atoms with Crippen LogP contribution in [0.25, 0.3) is 0 Å². The van der Waals surface area contributed by atoms with Crippen LogP contribution in [0.3, 0.4) is 0 Å². The molecule has 3 heteroatoms. The average Bonchev–Trinajstić information content (AvgIpc) is 2.69. The van der Waals surface area contributed by atoms with Gasteiger partial charge in [0.1, 0.15) is 11.8 Å². The maximum atomic E-state index is 5.95. The van der Waals surface area contributed by atoms with Crippen molar-refractivity contribution in [2.24, 2.45) is 15.9 Å². The Balaban J connectivity index is 2.17. The quantitative estimate of drug-likeness (QED) is 0.671. The molecule has 2 atom stereocenters. The maximum absolute atomic E-state index is 5.95. The van der Waals surface area contributed by atoms with Crippen LogP contribution in [0.1, 0.15) is 51.9 Å². The summed E-state index contributed by atoms with van der Waals surface area (Å²) in [6.07, 6.45) is 10.9. The number of fused-ring (bicyclic) bond motifs is 1. The fourth-order valence-electron chi connectivity index (χ4n) is 2.84. The fourth-order valence-corrected chi connectivity index (χ4v) is 2.84. The summed E-state index contributed by atoms with van der Waals surface area (Å²) in [5.41, 5.74) is 0.981. The molecule has 0 bridgehead atoms. The molecule has 0 aromatic rings. The Hall–Kier alpha value is -1.12. The predicted molar refractivity (Wildman–Crippen MR) is 71.4 cm³/mol. The molecule has 1 heterocycles. The minimum Gasteiger partial charge on any atom is -0.472 e. The van der Waals surface area contributed by atoms with E-state index in [2.05, 4.69) is 16.7 Å². The second kappa shape index (κ2) is 5.99. The highest BCUT2D eigenvalue weighted by atomic mass is 16.5. The summed E-state index contributed by atoms with van der Waals surface area (Å²) < 4.78 is 5.95. The summed E-state index contributed by atoms with van der Waals surface area (Å²) in [6.45, 7) is 5.59. The van der Waals surface area contributed by atoms with Crippen molar-refractivity contribution >= 4 is 12.9 Å². The second-order valence-corrected chi connectivity index (χ2v) is 4.84. The van der Waals surface area contributed by atoms with Crippen LogP contribution in [0.2, 0.25) is 0 Å². The molecular weight excluding hydrogens is 212 g/mol. The Kier molecular flexibility index (Phi) is 4.35. The van der Waals surface area contributed by atoms with Crippen LogP contribution in [-0.2, 0) is 4.74 Å². The van der Waals surface area contributed by atoms with E-state index >= 15 is 0 Å². The van der Waals surface area contributed by atoms with E-state index < -0.39 is 0 Å². The van der Waals surface area contributed by atoms with Crippen LogP contribution in [0.5, 0.6) is 0 Å². The first-order valence-electron chi connectivity index (χ1n) is 6.73. The molecule has 0 radical (unpaired) electrons. The van der Waals surface area contributed by atoms with E-state index in [1.165, 1.54) is 38.5 Å². The Morgan fingerprint density at radius 2 is 1.88 bits per heavy atom. The summed E-state index contributed by atoms with van der Waals surface area (Å²) in [6, 6.07) is 0. The van der Waals surface area contributed by atoms with E-state index in [0.717, 1.165) is 12.1 Å². The Bertz CT molecular complexity index is 333. The molecule has 0 saturated heterocycles. The maximum Gasteiger partial charge on any atom is 0.235 e. The van der Waals surface area contributed by atoms with Crippen LogP contribution in [-0.4, -0.2) is 19.0 Å². The van der Waals surface area contributed by atoms with Gasteiger partial charge in [-0.25, -0.2) is 4.99 Å². The van der Waals surface area contributed by atoms with E-state index in [0.29, 0.717) is 11.8 Å². The van der Waals surface area contributed by atoms with Crippen molar-refractivity contribution in [2.75, 3.05) is 0 Å². The van der Waals surface area contributed by atoms with E-state index in [-0.39, 0.29) is 6.10 Å². The van der Waals surface area contributed by atoms with Crippen molar-refractivity contribution < 1.29 is 4.74 Å². The Labute approximate surface area is 104 Å². The predicted octanol–water partition coefficient (Wildman–Crippen LogP) is 3.71. The van der Waals surface area contributed by atoms with E-state index in [4.69, 9.17) is 4.74 Å². The number of ether oxygens (including phenoxy) is 1. The average molecular weight is 234 g/mol. The third-order valence-corrected chi connectivity index (χ3v) is 3.70. The first-order valence-corrected chi connectivity index (χ1v) is 6.73. The van der Waals surface area contributed by atoms with Crippen LogP contribution >= 0.6 is 0 Å². The molecule has 1 saturated carbocycles. The van der Waals surface area contributed by atoms with Crippen LogP contribution in [0.4, 0.5) is 0 Å².